The number of ether oxygens (including phenoxy) is 1. The van der Waals surface area contributed by atoms with Crippen LogP contribution >= 0.6 is 0 Å². The minimum absolute atomic E-state index is 0.111. The lowest BCUT2D eigenvalue weighted by Gasteiger charge is -2.08. The maximum Gasteiger partial charge on any atom is 0.335 e. The Morgan fingerprint density at radius 3 is 2.14 bits per heavy atom. The summed E-state index contributed by atoms with van der Waals surface area (Å²) in [5.74, 6) is 0.328. The van der Waals surface area contributed by atoms with Gasteiger partial charge < -0.3 is 9.84 Å². The van der Waals surface area contributed by atoms with E-state index in [0.29, 0.717) is 12.4 Å². The zero-order chi connectivity index (χ0) is 20.6. The van der Waals surface area contributed by atoms with Crippen LogP contribution < -0.4 is 4.74 Å². The number of carbonyl (C=O) groups is 1. The van der Waals surface area contributed by atoms with Crippen LogP contribution in [-0.2, 0) is 0 Å². The van der Waals surface area contributed by atoms with Crippen molar-refractivity contribution in [1.82, 2.24) is 0 Å². The normalized spacial score (nSPS) is 11.8. The van der Waals surface area contributed by atoms with Crippen LogP contribution in [0.1, 0.15) is 107 Å². The Morgan fingerprint density at radius 1 is 1.04 bits per heavy atom. The van der Waals surface area contributed by atoms with Gasteiger partial charge in [-0.2, -0.15) is 5.26 Å². The molecule has 1 rings (SSSR count). The van der Waals surface area contributed by atoms with E-state index < -0.39 is 5.97 Å². The third-order valence-electron chi connectivity index (χ3n) is 5.39. The maximum absolute atomic E-state index is 10.9. The number of nitriles is 1. The second kappa shape index (κ2) is 15.0. The molecule has 1 N–H and O–H groups in total. The van der Waals surface area contributed by atoms with Crippen molar-refractivity contribution in [1.29, 1.82) is 5.26 Å². The second-order valence-corrected chi connectivity index (χ2v) is 7.81. The van der Waals surface area contributed by atoms with Crippen molar-refractivity contribution in [2.24, 2.45) is 5.92 Å². The van der Waals surface area contributed by atoms with Gasteiger partial charge in [0.15, 0.2) is 0 Å². The minimum Gasteiger partial charge on any atom is -0.492 e. The summed E-state index contributed by atoms with van der Waals surface area (Å²) >= 11 is 0. The van der Waals surface area contributed by atoms with Crippen molar-refractivity contribution in [3.8, 4) is 11.8 Å². The van der Waals surface area contributed by atoms with E-state index in [1.165, 1.54) is 76.3 Å². The molecule has 0 spiro atoms. The third kappa shape index (κ3) is 10.3. The molecule has 0 fully saturated rings. The quantitative estimate of drug-likeness (QED) is 0.311. The number of aromatic carboxylic acids is 1. The molecular weight excluding hydrogens is 350 g/mol. The molecule has 0 heterocycles. The molecule has 1 unspecified atom stereocenters. The van der Waals surface area contributed by atoms with Gasteiger partial charge in [-0.3, -0.25) is 0 Å². The molecule has 1 aromatic carbocycles. The van der Waals surface area contributed by atoms with Gasteiger partial charge in [-0.05, 0) is 30.5 Å². The molecular formula is C24H37NO3. The molecule has 0 saturated heterocycles. The molecule has 0 aliphatic heterocycles. The van der Waals surface area contributed by atoms with Gasteiger partial charge in [0, 0.05) is 0 Å². The van der Waals surface area contributed by atoms with Gasteiger partial charge in [-0.1, -0.05) is 84.5 Å². The summed E-state index contributed by atoms with van der Waals surface area (Å²) in [5, 5.41) is 18.1. The topological polar surface area (TPSA) is 70.3 Å². The maximum atomic E-state index is 10.9. The molecule has 0 aliphatic rings. The van der Waals surface area contributed by atoms with Crippen molar-refractivity contribution in [3.05, 3.63) is 29.3 Å². The van der Waals surface area contributed by atoms with E-state index in [2.05, 4.69) is 13.8 Å². The Bertz CT molecular complexity index is 606. The molecule has 1 aromatic rings. The van der Waals surface area contributed by atoms with E-state index in [-0.39, 0.29) is 11.1 Å². The third-order valence-corrected chi connectivity index (χ3v) is 5.39. The van der Waals surface area contributed by atoms with Crippen LogP contribution in [0.3, 0.4) is 0 Å². The van der Waals surface area contributed by atoms with E-state index in [0.717, 1.165) is 18.8 Å². The summed E-state index contributed by atoms with van der Waals surface area (Å²) < 4.78 is 5.65. The molecule has 28 heavy (non-hydrogen) atoms. The lowest BCUT2D eigenvalue weighted by molar-refractivity contribution is 0.0697. The standard InChI is InChI=1S/C24H37NO3/c1-3-20(2)14-12-10-8-6-4-5-7-9-11-13-17-28-23-16-15-21(24(26)27)18-22(23)19-25/h15-16,18,20H,3-14,17H2,1-2H3,(H,26,27). The molecule has 1 atom stereocenters. The van der Waals surface area contributed by atoms with Gasteiger partial charge in [0.25, 0.3) is 0 Å². The van der Waals surface area contributed by atoms with Crippen LogP contribution in [0.5, 0.6) is 5.75 Å². The molecule has 0 saturated carbocycles. The Balaban J connectivity index is 2.00. The van der Waals surface area contributed by atoms with E-state index in [1.807, 2.05) is 6.07 Å². The van der Waals surface area contributed by atoms with Crippen LogP contribution in [0, 0.1) is 17.2 Å². The van der Waals surface area contributed by atoms with Crippen LogP contribution in [0.15, 0.2) is 18.2 Å². The summed E-state index contributed by atoms with van der Waals surface area (Å²) in [5.41, 5.74) is 0.392. The summed E-state index contributed by atoms with van der Waals surface area (Å²) in [7, 11) is 0. The number of unbranched alkanes of at least 4 members (excludes halogenated alkanes) is 9. The average molecular weight is 388 g/mol. The summed E-state index contributed by atoms with van der Waals surface area (Å²) in [6, 6.07) is 6.42. The number of rotatable bonds is 16. The van der Waals surface area contributed by atoms with Crippen LogP contribution in [-0.4, -0.2) is 17.7 Å². The highest BCUT2D eigenvalue weighted by atomic mass is 16.5. The van der Waals surface area contributed by atoms with Gasteiger partial charge in [0.1, 0.15) is 11.8 Å². The van der Waals surface area contributed by atoms with Gasteiger partial charge >= 0.3 is 5.97 Å². The van der Waals surface area contributed by atoms with E-state index in [4.69, 9.17) is 15.1 Å². The predicted molar refractivity (Wildman–Crippen MR) is 114 cm³/mol. The van der Waals surface area contributed by atoms with Gasteiger partial charge in [0.2, 0.25) is 0 Å². The molecule has 4 heteroatoms. The average Bonchev–Trinajstić information content (AvgIpc) is 2.70. The summed E-state index contributed by atoms with van der Waals surface area (Å²) in [4.78, 5) is 10.9. The van der Waals surface area contributed by atoms with Crippen LogP contribution in [0.4, 0.5) is 0 Å². The Kier molecular flexibility index (Phi) is 12.8. The van der Waals surface area contributed by atoms with Crippen molar-refractivity contribution >= 4 is 5.97 Å². The number of hydrogen-bond donors (Lipinski definition) is 1. The molecule has 156 valence electrons. The second-order valence-electron chi connectivity index (χ2n) is 7.81. The smallest absolute Gasteiger partial charge is 0.335 e. The minimum atomic E-state index is -1.03. The molecule has 0 bridgehead atoms. The van der Waals surface area contributed by atoms with E-state index in [1.54, 1.807) is 6.07 Å². The lowest BCUT2D eigenvalue weighted by Crippen LogP contribution is -2.02. The van der Waals surface area contributed by atoms with E-state index in [9.17, 15) is 4.79 Å². The zero-order valence-corrected chi connectivity index (χ0v) is 17.7. The van der Waals surface area contributed by atoms with Gasteiger partial charge in [-0.25, -0.2) is 4.79 Å². The highest BCUT2D eigenvalue weighted by Crippen LogP contribution is 2.20. The molecule has 0 aliphatic carbocycles. The van der Waals surface area contributed by atoms with Gasteiger partial charge in [-0.15, -0.1) is 0 Å². The Morgan fingerprint density at radius 2 is 1.61 bits per heavy atom. The fraction of sp³-hybridized carbons (Fsp3) is 0.667. The number of carboxylic acid groups (broad SMARTS) is 1. The monoisotopic (exact) mass is 387 g/mol. The summed E-state index contributed by atoms with van der Waals surface area (Å²) in [6.07, 6.45) is 15.5. The Labute approximate surface area is 170 Å². The zero-order valence-electron chi connectivity index (χ0n) is 17.7. The van der Waals surface area contributed by atoms with Crippen LogP contribution in [0.25, 0.3) is 0 Å². The highest BCUT2D eigenvalue weighted by molar-refractivity contribution is 5.88. The largest absolute Gasteiger partial charge is 0.492 e. The molecule has 4 nitrogen and oxygen atoms in total. The first-order valence-electron chi connectivity index (χ1n) is 11.0. The lowest BCUT2D eigenvalue weighted by atomic mass is 9.99. The first-order valence-corrected chi connectivity index (χ1v) is 11.0. The number of carboxylic acids is 1. The van der Waals surface area contributed by atoms with E-state index >= 15 is 0 Å². The summed E-state index contributed by atoms with van der Waals surface area (Å²) in [6.45, 7) is 5.19. The molecule has 0 aromatic heterocycles. The van der Waals surface area contributed by atoms with Crippen molar-refractivity contribution in [2.75, 3.05) is 6.61 Å². The first kappa shape index (κ1) is 24.0. The fourth-order valence-corrected chi connectivity index (χ4v) is 3.27. The van der Waals surface area contributed by atoms with Gasteiger partial charge in [0.05, 0.1) is 17.7 Å². The van der Waals surface area contributed by atoms with Crippen LogP contribution in [0.2, 0.25) is 0 Å². The highest BCUT2D eigenvalue weighted by Gasteiger charge is 2.09. The molecule has 0 amide bonds. The van der Waals surface area contributed by atoms with Crippen molar-refractivity contribution in [3.63, 3.8) is 0 Å². The number of hydrogen-bond acceptors (Lipinski definition) is 3. The fourth-order valence-electron chi connectivity index (χ4n) is 3.27. The number of nitrogens with zero attached hydrogens (tertiary/aromatic N) is 1. The van der Waals surface area contributed by atoms with Crippen molar-refractivity contribution < 1.29 is 14.6 Å². The number of benzene rings is 1. The first-order chi connectivity index (χ1) is 13.6. The predicted octanol–water partition coefficient (Wildman–Crippen LogP) is 6.97. The molecule has 0 radical (unpaired) electrons. The SMILES string of the molecule is CCC(C)CCCCCCCCCCCCOc1ccc(C(=O)O)cc1C#N. The Hall–Kier alpha value is -2.02. The van der Waals surface area contributed by atoms with Crippen molar-refractivity contribution in [2.45, 2.75) is 90.9 Å².